The van der Waals surface area contributed by atoms with Crippen LogP contribution in [0.15, 0.2) is 0 Å². The average molecular weight is 308 g/mol. The number of hydrogen-bond donors (Lipinski definition) is 2. The van der Waals surface area contributed by atoms with Crippen LogP contribution in [0.2, 0.25) is 0 Å². The SMILES string of the molecule is CCCCCC(O)CCCCCCC(CC)S(=O)(=O)O. The highest BCUT2D eigenvalue weighted by Crippen LogP contribution is 2.16. The smallest absolute Gasteiger partial charge is 0.267 e. The van der Waals surface area contributed by atoms with Crippen molar-refractivity contribution in [2.24, 2.45) is 0 Å². The third-order valence-electron chi connectivity index (χ3n) is 3.83. The molecule has 0 spiro atoms. The molecular formula is C15H32O4S. The van der Waals surface area contributed by atoms with Crippen molar-refractivity contribution in [2.45, 2.75) is 95.8 Å². The summed E-state index contributed by atoms with van der Waals surface area (Å²) < 4.78 is 31.0. The van der Waals surface area contributed by atoms with Crippen molar-refractivity contribution in [2.75, 3.05) is 0 Å². The zero-order valence-corrected chi connectivity index (χ0v) is 13.9. The van der Waals surface area contributed by atoms with Crippen molar-refractivity contribution in [3.8, 4) is 0 Å². The summed E-state index contributed by atoms with van der Waals surface area (Å²) in [4.78, 5) is 0. The fraction of sp³-hybridized carbons (Fsp3) is 1.00. The lowest BCUT2D eigenvalue weighted by Crippen LogP contribution is -2.19. The lowest BCUT2D eigenvalue weighted by atomic mass is 10.0. The Morgan fingerprint density at radius 3 is 1.80 bits per heavy atom. The normalized spacial score (nSPS) is 15.2. The van der Waals surface area contributed by atoms with Gasteiger partial charge in [-0.2, -0.15) is 8.42 Å². The maximum absolute atomic E-state index is 11.0. The Labute approximate surface area is 124 Å². The van der Waals surface area contributed by atoms with Gasteiger partial charge in [-0.3, -0.25) is 4.55 Å². The first-order valence-corrected chi connectivity index (χ1v) is 9.56. The summed E-state index contributed by atoms with van der Waals surface area (Å²) in [5, 5.41) is 9.14. The molecule has 0 saturated carbocycles. The average Bonchev–Trinajstić information content (AvgIpc) is 2.36. The quantitative estimate of drug-likeness (QED) is 0.399. The number of unbranched alkanes of at least 4 members (excludes halogenated alkanes) is 5. The first-order chi connectivity index (χ1) is 9.41. The van der Waals surface area contributed by atoms with Gasteiger partial charge in [0, 0.05) is 0 Å². The van der Waals surface area contributed by atoms with Gasteiger partial charge in [0.2, 0.25) is 0 Å². The number of aliphatic hydroxyl groups is 1. The van der Waals surface area contributed by atoms with Crippen LogP contribution in [-0.4, -0.2) is 29.4 Å². The van der Waals surface area contributed by atoms with Crippen LogP contribution >= 0.6 is 0 Å². The molecule has 0 aliphatic carbocycles. The van der Waals surface area contributed by atoms with Crippen LogP contribution < -0.4 is 0 Å². The van der Waals surface area contributed by atoms with E-state index in [0.29, 0.717) is 12.8 Å². The summed E-state index contributed by atoms with van der Waals surface area (Å²) in [5.41, 5.74) is 0. The second-order valence-corrected chi connectivity index (χ2v) is 7.38. The van der Waals surface area contributed by atoms with E-state index in [1.165, 1.54) is 12.8 Å². The van der Waals surface area contributed by atoms with Crippen molar-refractivity contribution >= 4 is 10.1 Å². The standard InChI is InChI=1S/C15H32O4S/c1-3-5-8-11-14(16)12-9-6-7-10-13-15(4-2)20(17,18)19/h14-16H,3-13H2,1-2H3,(H,17,18,19). The van der Waals surface area contributed by atoms with Crippen molar-refractivity contribution < 1.29 is 18.1 Å². The van der Waals surface area contributed by atoms with Gasteiger partial charge in [0.1, 0.15) is 0 Å². The van der Waals surface area contributed by atoms with Gasteiger partial charge in [0.05, 0.1) is 11.4 Å². The largest absolute Gasteiger partial charge is 0.393 e. The van der Waals surface area contributed by atoms with E-state index in [2.05, 4.69) is 6.92 Å². The summed E-state index contributed by atoms with van der Waals surface area (Å²) in [7, 11) is -3.87. The Bertz CT molecular complexity index is 314. The molecule has 0 aliphatic rings. The van der Waals surface area contributed by atoms with Gasteiger partial charge in [0.25, 0.3) is 10.1 Å². The highest BCUT2D eigenvalue weighted by atomic mass is 32.2. The molecule has 5 heteroatoms. The van der Waals surface area contributed by atoms with E-state index in [4.69, 9.17) is 4.55 Å². The molecule has 0 bridgehead atoms. The monoisotopic (exact) mass is 308 g/mol. The maximum atomic E-state index is 11.0. The molecule has 0 aromatic carbocycles. The molecule has 4 nitrogen and oxygen atoms in total. The van der Waals surface area contributed by atoms with Crippen LogP contribution in [-0.2, 0) is 10.1 Å². The summed E-state index contributed by atoms with van der Waals surface area (Å²) in [6, 6.07) is 0. The number of aliphatic hydroxyl groups excluding tert-OH is 1. The third-order valence-corrected chi connectivity index (χ3v) is 5.24. The predicted molar refractivity (Wildman–Crippen MR) is 83.5 cm³/mol. The minimum Gasteiger partial charge on any atom is -0.393 e. The summed E-state index contributed by atoms with van der Waals surface area (Å²) in [6.07, 6.45) is 9.84. The molecule has 0 amide bonds. The molecule has 0 aliphatic heterocycles. The van der Waals surface area contributed by atoms with Crippen molar-refractivity contribution in [1.82, 2.24) is 0 Å². The maximum Gasteiger partial charge on any atom is 0.267 e. The van der Waals surface area contributed by atoms with Gasteiger partial charge in [-0.15, -0.1) is 0 Å². The van der Waals surface area contributed by atoms with E-state index < -0.39 is 15.4 Å². The van der Waals surface area contributed by atoms with E-state index >= 15 is 0 Å². The van der Waals surface area contributed by atoms with Crippen LogP contribution in [0.5, 0.6) is 0 Å². The van der Waals surface area contributed by atoms with Crippen molar-refractivity contribution in [3.05, 3.63) is 0 Å². The van der Waals surface area contributed by atoms with Crippen LogP contribution in [0.3, 0.4) is 0 Å². The molecule has 0 aromatic heterocycles. The Hall–Kier alpha value is -0.130. The first-order valence-electron chi connectivity index (χ1n) is 8.06. The minimum atomic E-state index is -3.87. The zero-order chi connectivity index (χ0) is 15.4. The second-order valence-electron chi connectivity index (χ2n) is 5.69. The minimum absolute atomic E-state index is 0.178. The van der Waals surface area contributed by atoms with Gasteiger partial charge in [-0.05, 0) is 25.7 Å². The molecule has 2 atom stereocenters. The van der Waals surface area contributed by atoms with Crippen LogP contribution in [0.25, 0.3) is 0 Å². The van der Waals surface area contributed by atoms with E-state index in [1.807, 2.05) is 0 Å². The predicted octanol–water partition coefficient (Wildman–Crippen LogP) is 3.93. The van der Waals surface area contributed by atoms with Gasteiger partial charge in [-0.1, -0.05) is 58.8 Å². The lowest BCUT2D eigenvalue weighted by molar-refractivity contribution is 0.147. The van der Waals surface area contributed by atoms with E-state index in [9.17, 15) is 13.5 Å². The zero-order valence-electron chi connectivity index (χ0n) is 13.1. The van der Waals surface area contributed by atoms with Crippen LogP contribution in [0.4, 0.5) is 0 Å². The molecule has 0 rings (SSSR count). The Morgan fingerprint density at radius 2 is 1.35 bits per heavy atom. The van der Waals surface area contributed by atoms with E-state index in [0.717, 1.165) is 44.9 Å². The van der Waals surface area contributed by atoms with Gasteiger partial charge in [0.15, 0.2) is 0 Å². The molecular weight excluding hydrogens is 276 g/mol. The molecule has 0 aromatic rings. The highest BCUT2D eigenvalue weighted by molar-refractivity contribution is 7.86. The number of hydrogen-bond acceptors (Lipinski definition) is 3. The first kappa shape index (κ1) is 19.9. The van der Waals surface area contributed by atoms with Gasteiger partial charge < -0.3 is 5.11 Å². The van der Waals surface area contributed by atoms with E-state index in [-0.39, 0.29) is 6.10 Å². The molecule has 0 radical (unpaired) electrons. The summed E-state index contributed by atoms with van der Waals surface area (Å²) >= 11 is 0. The molecule has 2 N–H and O–H groups in total. The highest BCUT2D eigenvalue weighted by Gasteiger charge is 2.19. The van der Waals surface area contributed by atoms with Crippen molar-refractivity contribution in [1.29, 1.82) is 0 Å². The Morgan fingerprint density at radius 1 is 0.850 bits per heavy atom. The summed E-state index contributed by atoms with van der Waals surface area (Å²) in [6.45, 7) is 3.94. The molecule has 0 heterocycles. The summed E-state index contributed by atoms with van der Waals surface area (Å²) in [5.74, 6) is 0. The fourth-order valence-electron chi connectivity index (χ4n) is 2.44. The molecule has 0 fully saturated rings. The number of rotatable bonds is 13. The van der Waals surface area contributed by atoms with Crippen LogP contribution in [0, 0.1) is 0 Å². The topological polar surface area (TPSA) is 74.6 Å². The molecule has 122 valence electrons. The van der Waals surface area contributed by atoms with Gasteiger partial charge >= 0.3 is 0 Å². The molecule has 20 heavy (non-hydrogen) atoms. The molecule has 2 unspecified atom stereocenters. The fourth-order valence-corrected chi connectivity index (χ4v) is 3.33. The van der Waals surface area contributed by atoms with Gasteiger partial charge in [-0.25, -0.2) is 0 Å². The molecule has 0 saturated heterocycles. The lowest BCUT2D eigenvalue weighted by Gasteiger charge is -2.12. The third kappa shape index (κ3) is 10.6. The second kappa shape index (κ2) is 11.5. The van der Waals surface area contributed by atoms with E-state index in [1.54, 1.807) is 6.92 Å². The Balaban J connectivity index is 3.53. The van der Waals surface area contributed by atoms with Crippen LogP contribution in [0.1, 0.15) is 84.5 Å². The Kier molecular flexibility index (Phi) is 11.4. The van der Waals surface area contributed by atoms with Crippen molar-refractivity contribution in [3.63, 3.8) is 0 Å².